The fourth-order valence-electron chi connectivity index (χ4n) is 2.40. The molecule has 0 atom stereocenters. The largest absolute Gasteiger partial charge is 0.378 e. The number of pyridine rings is 1. The summed E-state index contributed by atoms with van der Waals surface area (Å²) in [5.74, 6) is 0.00494. The molecule has 3 rings (SSSR count). The van der Waals surface area contributed by atoms with Crippen molar-refractivity contribution in [1.82, 2.24) is 4.98 Å². The van der Waals surface area contributed by atoms with Gasteiger partial charge in [-0.1, -0.05) is 6.08 Å². The minimum atomic E-state index is 0.00494. The number of carbonyl (C=O) groups excluding carboxylic acids is 1. The highest BCUT2D eigenvalue weighted by atomic mass is 16.5. The number of rotatable bonds is 4. The smallest absolute Gasteiger partial charge is 0.185 e. The Labute approximate surface area is 130 Å². The zero-order valence-electron chi connectivity index (χ0n) is 12.3. The van der Waals surface area contributed by atoms with Crippen molar-refractivity contribution in [2.45, 2.75) is 0 Å². The van der Waals surface area contributed by atoms with Gasteiger partial charge in [0.2, 0.25) is 0 Å². The van der Waals surface area contributed by atoms with Crippen LogP contribution in [0.2, 0.25) is 0 Å². The first-order valence-corrected chi connectivity index (χ1v) is 7.38. The second-order valence-corrected chi connectivity index (χ2v) is 5.12. The van der Waals surface area contributed by atoms with Gasteiger partial charge in [-0.05, 0) is 48.0 Å². The zero-order chi connectivity index (χ0) is 15.2. The van der Waals surface area contributed by atoms with Gasteiger partial charge in [-0.2, -0.15) is 0 Å². The second kappa shape index (κ2) is 7.00. The van der Waals surface area contributed by atoms with Crippen LogP contribution >= 0.6 is 0 Å². The molecule has 1 aliphatic rings. The van der Waals surface area contributed by atoms with E-state index in [2.05, 4.69) is 9.88 Å². The number of carbonyl (C=O) groups is 1. The number of anilines is 1. The highest BCUT2D eigenvalue weighted by Crippen LogP contribution is 2.17. The molecule has 112 valence electrons. The summed E-state index contributed by atoms with van der Waals surface area (Å²) in [5, 5.41) is 0. The number of hydrogen-bond acceptors (Lipinski definition) is 4. The number of aromatic nitrogens is 1. The molecular formula is C18H18N2O2. The second-order valence-electron chi connectivity index (χ2n) is 5.12. The predicted octanol–water partition coefficient (Wildman–Crippen LogP) is 2.81. The minimum absolute atomic E-state index is 0.00494. The molecule has 0 amide bonds. The average Bonchev–Trinajstić information content (AvgIpc) is 2.61. The van der Waals surface area contributed by atoms with Crippen LogP contribution in [0.4, 0.5) is 5.69 Å². The first-order valence-electron chi connectivity index (χ1n) is 7.38. The Morgan fingerprint density at radius 2 is 1.73 bits per heavy atom. The van der Waals surface area contributed by atoms with E-state index < -0.39 is 0 Å². The van der Waals surface area contributed by atoms with Crippen LogP contribution in [0.1, 0.15) is 15.9 Å². The standard InChI is InChI=1S/C18H18N2O2/c21-18(6-1-15-7-9-19-10-8-15)16-2-4-17(5-3-16)20-11-13-22-14-12-20/h1-10H,11-14H2/b6-1+. The molecule has 4 heteroatoms. The maximum atomic E-state index is 12.2. The van der Waals surface area contributed by atoms with E-state index in [1.807, 2.05) is 36.4 Å². The molecule has 0 radical (unpaired) electrons. The van der Waals surface area contributed by atoms with Gasteiger partial charge in [0.15, 0.2) is 5.78 Å². The van der Waals surface area contributed by atoms with Gasteiger partial charge in [-0.25, -0.2) is 0 Å². The summed E-state index contributed by atoms with van der Waals surface area (Å²) in [5.41, 5.74) is 2.80. The third-order valence-corrected chi connectivity index (χ3v) is 3.66. The molecule has 0 unspecified atom stereocenters. The van der Waals surface area contributed by atoms with Crippen molar-refractivity contribution >= 4 is 17.5 Å². The summed E-state index contributed by atoms with van der Waals surface area (Å²) in [7, 11) is 0. The summed E-state index contributed by atoms with van der Waals surface area (Å²) in [6, 6.07) is 11.5. The van der Waals surface area contributed by atoms with Gasteiger partial charge < -0.3 is 9.64 Å². The lowest BCUT2D eigenvalue weighted by molar-refractivity contribution is 0.104. The summed E-state index contributed by atoms with van der Waals surface area (Å²) < 4.78 is 5.35. The van der Waals surface area contributed by atoms with Crippen LogP contribution in [-0.4, -0.2) is 37.1 Å². The number of ketones is 1. The average molecular weight is 294 g/mol. The number of hydrogen-bond donors (Lipinski definition) is 0. The molecule has 0 saturated carbocycles. The fraction of sp³-hybridized carbons (Fsp3) is 0.222. The van der Waals surface area contributed by atoms with E-state index in [0.717, 1.165) is 37.6 Å². The number of allylic oxidation sites excluding steroid dienone is 1. The lowest BCUT2D eigenvalue weighted by Crippen LogP contribution is -2.36. The van der Waals surface area contributed by atoms with Gasteiger partial charge in [0, 0.05) is 36.7 Å². The Kier molecular flexibility index (Phi) is 4.61. The van der Waals surface area contributed by atoms with Crippen LogP contribution < -0.4 is 4.90 Å². The van der Waals surface area contributed by atoms with Gasteiger partial charge in [-0.15, -0.1) is 0 Å². The van der Waals surface area contributed by atoms with Gasteiger partial charge in [0.25, 0.3) is 0 Å². The summed E-state index contributed by atoms with van der Waals surface area (Å²) in [4.78, 5) is 18.4. The number of nitrogens with zero attached hydrogens (tertiary/aromatic N) is 2. The fourth-order valence-corrected chi connectivity index (χ4v) is 2.40. The molecule has 0 spiro atoms. The summed E-state index contributed by atoms with van der Waals surface area (Å²) in [6.45, 7) is 3.31. The van der Waals surface area contributed by atoms with Crippen molar-refractivity contribution in [2.75, 3.05) is 31.2 Å². The molecule has 4 nitrogen and oxygen atoms in total. The lowest BCUT2D eigenvalue weighted by Gasteiger charge is -2.28. The van der Waals surface area contributed by atoms with Crippen LogP contribution in [0.25, 0.3) is 6.08 Å². The summed E-state index contributed by atoms with van der Waals surface area (Å²) in [6.07, 6.45) is 6.82. The number of morpholine rings is 1. The molecule has 0 bridgehead atoms. The van der Waals surface area contributed by atoms with E-state index in [1.165, 1.54) is 0 Å². The van der Waals surface area contributed by atoms with E-state index >= 15 is 0 Å². The highest BCUT2D eigenvalue weighted by Gasteiger charge is 2.11. The monoisotopic (exact) mass is 294 g/mol. The molecule has 0 N–H and O–H groups in total. The van der Waals surface area contributed by atoms with Crippen molar-refractivity contribution in [3.8, 4) is 0 Å². The van der Waals surface area contributed by atoms with Crippen molar-refractivity contribution in [3.63, 3.8) is 0 Å². The van der Waals surface area contributed by atoms with E-state index in [0.29, 0.717) is 5.56 Å². The van der Waals surface area contributed by atoms with Crippen molar-refractivity contribution < 1.29 is 9.53 Å². The van der Waals surface area contributed by atoms with Crippen LogP contribution in [-0.2, 0) is 4.74 Å². The summed E-state index contributed by atoms with van der Waals surface area (Å²) >= 11 is 0. The number of ether oxygens (including phenoxy) is 1. The molecule has 2 heterocycles. The lowest BCUT2D eigenvalue weighted by atomic mass is 10.1. The molecule has 1 fully saturated rings. The Morgan fingerprint density at radius 3 is 2.41 bits per heavy atom. The maximum absolute atomic E-state index is 12.2. The Balaban J connectivity index is 1.67. The van der Waals surface area contributed by atoms with Gasteiger partial charge in [0.05, 0.1) is 13.2 Å². The van der Waals surface area contributed by atoms with E-state index in [9.17, 15) is 4.79 Å². The van der Waals surface area contributed by atoms with Crippen LogP contribution in [0, 0.1) is 0 Å². The number of benzene rings is 1. The van der Waals surface area contributed by atoms with Gasteiger partial charge >= 0.3 is 0 Å². The molecule has 0 aliphatic carbocycles. The highest BCUT2D eigenvalue weighted by molar-refractivity contribution is 6.06. The third kappa shape index (κ3) is 3.59. The Morgan fingerprint density at radius 1 is 1.05 bits per heavy atom. The van der Waals surface area contributed by atoms with Crippen molar-refractivity contribution in [3.05, 3.63) is 66.0 Å². The maximum Gasteiger partial charge on any atom is 0.185 e. The van der Waals surface area contributed by atoms with E-state index in [1.54, 1.807) is 24.5 Å². The molecule has 1 saturated heterocycles. The molecule has 2 aromatic rings. The molecule has 1 aliphatic heterocycles. The van der Waals surface area contributed by atoms with Crippen LogP contribution in [0.5, 0.6) is 0 Å². The minimum Gasteiger partial charge on any atom is -0.378 e. The Hall–Kier alpha value is -2.46. The zero-order valence-corrected chi connectivity index (χ0v) is 12.3. The quantitative estimate of drug-likeness (QED) is 0.642. The topological polar surface area (TPSA) is 42.4 Å². The first-order chi connectivity index (χ1) is 10.8. The first kappa shape index (κ1) is 14.5. The third-order valence-electron chi connectivity index (χ3n) is 3.66. The molecular weight excluding hydrogens is 276 g/mol. The Bertz CT molecular complexity index is 645. The predicted molar refractivity (Wildman–Crippen MR) is 87.1 cm³/mol. The normalized spacial score (nSPS) is 15.2. The molecule has 1 aromatic carbocycles. The van der Waals surface area contributed by atoms with Crippen molar-refractivity contribution in [2.24, 2.45) is 0 Å². The van der Waals surface area contributed by atoms with E-state index in [-0.39, 0.29) is 5.78 Å². The van der Waals surface area contributed by atoms with Crippen LogP contribution in [0.15, 0.2) is 54.9 Å². The van der Waals surface area contributed by atoms with E-state index in [4.69, 9.17) is 4.74 Å². The van der Waals surface area contributed by atoms with Gasteiger partial charge in [-0.3, -0.25) is 9.78 Å². The van der Waals surface area contributed by atoms with Crippen molar-refractivity contribution in [1.29, 1.82) is 0 Å². The van der Waals surface area contributed by atoms with Crippen LogP contribution in [0.3, 0.4) is 0 Å². The SMILES string of the molecule is O=C(/C=C/c1ccncc1)c1ccc(N2CCOCC2)cc1. The molecule has 1 aromatic heterocycles. The van der Waals surface area contributed by atoms with Gasteiger partial charge in [0.1, 0.15) is 0 Å². The molecule has 22 heavy (non-hydrogen) atoms.